The Morgan fingerprint density at radius 3 is 2.31 bits per heavy atom. The Morgan fingerprint density at radius 1 is 1.03 bits per heavy atom. The zero-order valence-corrected chi connectivity index (χ0v) is 22.6. The molecule has 1 amide bonds. The minimum atomic E-state index is -3.86. The van der Waals surface area contributed by atoms with Crippen molar-refractivity contribution in [1.29, 1.82) is 0 Å². The van der Waals surface area contributed by atoms with Gasteiger partial charge >= 0.3 is 6.09 Å². The average molecular weight is 558 g/mol. The highest BCUT2D eigenvalue weighted by Crippen LogP contribution is 2.39. The van der Waals surface area contributed by atoms with Gasteiger partial charge in [0.2, 0.25) is 10.0 Å². The number of para-hydroxylation sites is 1. The Hall–Kier alpha value is -2.68. The molecule has 0 radical (unpaired) electrons. The molecule has 0 aliphatic carbocycles. The molecule has 0 aromatic heterocycles. The van der Waals surface area contributed by atoms with Crippen LogP contribution in [0.1, 0.15) is 49.1 Å². The number of amides is 1. The molecule has 1 unspecified atom stereocenters. The van der Waals surface area contributed by atoms with E-state index in [0.29, 0.717) is 24.2 Å². The molecular formula is C27H29BrN2O4S. The molecule has 0 saturated carbocycles. The number of sulfonamides is 1. The quantitative estimate of drug-likeness (QED) is 0.410. The molecule has 0 spiro atoms. The highest BCUT2D eigenvalue weighted by molar-refractivity contribution is 9.10. The van der Waals surface area contributed by atoms with E-state index in [1.807, 2.05) is 70.2 Å². The summed E-state index contributed by atoms with van der Waals surface area (Å²) in [6.07, 6.45) is 0.222. The molecule has 0 saturated heterocycles. The third kappa shape index (κ3) is 5.77. The highest BCUT2D eigenvalue weighted by Gasteiger charge is 2.34. The van der Waals surface area contributed by atoms with Crippen LogP contribution in [0.5, 0.6) is 0 Å². The van der Waals surface area contributed by atoms with Crippen molar-refractivity contribution < 1.29 is 17.9 Å². The van der Waals surface area contributed by atoms with Crippen LogP contribution >= 0.6 is 15.9 Å². The molecule has 0 bridgehead atoms. The minimum absolute atomic E-state index is 0.182. The van der Waals surface area contributed by atoms with Crippen LogP contribution in [0.15, 0.2) is 76.1 Å². The lowest BCUT2D eigenvalue weighted by Gasteiger charge is -2.28. The van der Waals surface area contributed by atoms with Crippen LogP contribution in [0.4, 0.5) is 10.5 Å². The van der Waals surface area contributed by atoms with Crippen molar-refractivity contribution >= 4 is 37.7 Å². The van der Waals surface area contributed by atoms with Gasteiger partial charge in [0.25, 0.3) is 0 Å². The van der Waals surface area contributed by atoms with E-state index in [-0.39, 0.29) is 4.90 Å². The first-order chi connectivity index (χ1) is 16.4. The predicted octanol–water partition coefficient (Wildman–Crippen LogP) is 6.12. The summed E-state index contributed by atoms with van der Waals surface area (Å²) in [5.74, 6) is 0. The van der Waals surface area contributed by atoms with E-state index in [1.165, 1.54) is 0 Å². The number of hydrogen-bond donors (Lipinski definition) is 1. The summed E-state index contributed by atoms with van der Waals surface area (Å²) in [7, 11) is -3.86. The van der Waals surface area contributed by atoms with E-state index >= 15 is 0 Å². The Balaban J connectivity index is 1.81. The Labute approximate surface area is 215 Å². The van der Waals surface area contributed by atoms with E-state index in [4.69, 9.17) is 4.74 Å². The third-order valence-electron chi connectivity index (χ3n) is 5.76. The summed E-state index contributed by atoms with van der Waals surface area (Å²) >= 11 is 3.45. The number of aryl methyl sites for hydroxylation is 1. The molecule has 1 N–H and O–H groups in total. The van der Waals surface area contributed by atoms with Crippen LogP contribution in [0.25, 0.3) is 0 Å². The van der Waals surface area contributed by atoms with Gasteiger partial charge in [-0.3, -0.25) is 4.90 Å². The topological polar surface area (TPSA) is 75.7 Å². The second kappa shape index (κ2) is 9.76. The van der Waals surface area contributed by atoms with Gasteiger partial charge in [-0.25, -0.2) is 13.2 Å². The van der Waals surface area contributed by atoms with Gasteiger partial charge in [-0.05, 0) is 75.1 Å². The van der Waals surface area contributed by atoms with Gasteiger partial charge in [0, 0.05) is 11.0 Å². The van der Waals surface area contributed by atoms with Crippen LogP contribution < -0.4 is 9.62 Å². The number of anilines is 1. The second-order valence-electron chi connectivity index (χ2n) is 9.66. The summed E-state index contributed by atoms with van der Waals surface area (Å²) in [5, 5.41) is 0. The normalized spacial score (nSPS) is 14.5. The molecule has 4 rings (SSSR count). The number of ether oxygens (including phenoxy) is 1. The highest BCUT2D eigenvalue weighted by atomic mass is 79.9. The molecule has 1 atom stereocenters. The summed E-state index contributed by atoms with van der Waals surface area (Å²) in [6.45, 7) is 7.86. The smallest absolute Gasteiger partial charge is 0.414 e. The molecule has 35 heavy (non-hydrogen) atoms. The SMILES string of the molecule is Cc1ccc(S(=O)(=O)NC(c2ccc(Br)cc2)c2cccc3c2N(C(=O)OC(C)(C)C)CC3)cc1. The fraction of sp³-hybridized carbons (Fsp3) is 0.296. The van der Waals surface area contributed by atoms with Gasteiger partial charge in [0.05, 0.1) is 16.6 Å². The number of rotatable bonds is 5. The first-order valence-corrected chi connectivity index (χ1v) is 13.7. The molecule has 1 heterocycles. The molecule has 0 fully saturated rings. The maximum atomic E-state index is 13.4. The van der Waals surface area contributed by atoms with Crippen molar-refractivity contribution in [2.75, 3.05) is 11.4 Å². The van der Waals surface area contributed by atoms with Crippen molar-refractivity contribution in [2.45, 2.75) is 50.7 Å². The summed E-state index contributed by atoms with van der Waals surface area (Å²) < 4.78 is 36.3. The van der Waals surface area contributed by atoms with E-state index in [9.17, 15) is 13.2 Å². The molecule has 3 aromatic rings. The zero-order valence-electron chi connectivity index (χ0n) is 20.2. The van der Waals surface area contributed by atoms with E-state index in [0.717, 1.165) is 21.2 Å². The lowest BCUT2D eigenvalue weighted by molar-refractivity contribution is 0.0583. The minimum Gasteiger partial charge on any atom is -0.443 e. The standard InChI is InChI=1S/C27H29BrN2O4S/c1-18-8-14-22(15-9-18)35(32,33)29-24(19-10-12-21(28)13-11-19)23-7-5-6-20-16-17-30(25(20)23)26(31)34-27(2,3)4/h5-15,24,29H,16-17H2,1-4H3. The van der Waals surface area contributed by atoms with Crippen LogP contribution in [0.2, 0.25) is 0 Å². The van der Waals surface area contributed by atoms with Crippen molar-refractivity contribution in [3.63, 3.8) is 0 Å². The molecule has 184 valence electrons. The van der Waals surface area contributed by atoms with Gasteiger partial charge in [0.15, 0.2) is 0 Å². The molecule has 1 aliphatic heterocycles. The molecule has 1 aliphatic rings. The number of nitrogens with one attached hydrogen (secondary N) is 1. The number of carbonyl (C=O) groups is 1. The first kappa shape index (κ1) is 25.4. The second-order valence-corrected chi connectivity index (χ2v) is 12.3. The number of halogens is 1. The lowest BCUT2D eigenvalue weighted by Crippen LogP contribution is -2.37. The largest absolute Gasteiger partial charge is 0.443 e. The van der Waals surface area contributed by atoms with Crippen LogP contribution in [-0.4, -0.2) is 26.7 Å². The Morgan fingerprint density at radius 2 is 1.69 bits per heavy atom. The third-order valence-corrected chi connectivity index (χ3v) is 7.73. The maximum absolute atomic E-state index is 13.4. The van der Waals surface area contributed by atoms with Crippen LogP contribution in [0, 0.1) is 6.92 Å². The van der Waals surface area contributed by atoms with Gasteiger partial charge in [-0.2, -0.15) is 4.72 Å². The predicted molar refractivity (Wildman–Crippen MR) is 141 cm³/mol. The van der Waals surface area contributed by atoms with Gasteiger partial charge in [-0.15, -0.1) is 0 Å². The summed E-state index contributed by atoms with van der Waals surface area (Å²) in [5.41, 5.74) is 3.46. The molecule has 8 heteroatoms. The Bertz CT molecular complexity index is 1330. The molecular weight excluding hydrogens is 528 g/mol. The first-order valence-electron chi connectivity index (χ1n) is 11.4. The molecule has 3 aromatic carbocycles. The summed E-state index contributed by atoms with van der Waals surface area (Å²) in [4.78, 5) is 14.9. The van der Waals surface area contributed by atoms with E-state index < -0.39 is 27.8 Å². The lowest BCUT2D eigenvalue weighted by atomic mass is 9.96. The van der Waals surface area contributed by atoms with Gasteiger partial charge in [0.1, 0.15) is 5.60 Å². The number of benzene rings is 3. The number of fused-ring (bicyclic) bond motifs is 1. The van der Waals surface area contributed by atoms with Crippen LogP contribution in [0.3, 0.4) is 0 Å². The van der Waals surface area contributed by atoms with Crippen molar-refractivity contribution in [3.8, 4) is 0 Å². The monoisotopic (exact) mass is 556 g/mol. The van der Waals surface area contributed by atoms with Crippen molar-refractivity contribution in [1.82, 2.24) is 4.72 Å². The number of nitrogens with zero attached hydrogens (tertiary/aromatic N) is 1. The average Bonchev–Trinajstić information content (AvgIpc) is 3.22. The Kier molecular flexibility index (Phi) is 7.09. The number of hydrogen-bond acceptors (Lipinski definition) is 4. The van der Waals surface area contributed by atoms with Gasteiger partial charge < -0.3 is 4.74 Å². The van der Waals surface area contributed by atoms with Crippen LogP contribution in [-0.2, 0) is 21.2 Å². The van der Waals surface area contributed by atoms with Crippen molar-refractivity contribution in [3.05, 3.63) is 93.5 Å². The maximum Gasteiger partial charge on any atom is 0.414 e. The fourth-order valence-corrected chi connectivity index (χ4v) is 5.59. The summed E-state index contributed by atoms with van der Waals surface area (Å²) in [6, 6.07) is 19.2. The van der Waals surface area contributed by atoms with Crippen molar-refractivity contribution in [2.24, 2.45) is 0 Å². The van der Waals surface area contributed by atoms with Gasteiger partial charge in [-0.1, -0.05) is 64.0 Å². The number of carbonyl (C=O) groups excluding carboxylic acids is 1. The fourth-order valence-electron chi connectivity index (χ4n) is 4.13. The molecule has 6 nitrogen and oxygen atoms in total. The van der Waals surface area contributed by atoms with E-state index in [1.54, 1.807) is 29.2 Å². The van der Waals surface area contributed by atoms with E-state index in [2.05, 4.69) is 20.7 Å². The zero-order chi connectivity index (χ0) is 25.4.